The molecular weight excluding hydrogens is 600 g/mol. The molecule has 212 valence electrons. The van der Waals surface area contributed by atoms with Crippen molar-refractivity contribution in [3.63, 3.8) is 0 Å². The third-order valence-corrected chi connectivity index (χ3v) is 8.74. The lowest BCUT2D eigenvalue weighted by Crippen LogP contribution is -2.40. The number of rotatable bonds is 8. The van der Waals surface area contributed by atoms with Gasteiger partial charge in [-0.15, -0.1) is 0 Å². The van der Waals surface area contributed by atoms with E-state index in [0.717, 1.165) is 27.6 Å². The SMILES string of the molecule is CCCC1=C(C(=O)OCC)C(c2ccc(C(C)C)cc2)n2c(s/c(=C\c3ccc(-c4ccc(C)cc4Br)o3)c2=O)=N1. The van der Waals surface area contributed by atoms with Crippen molar-refractivity contribution in [2.75, 3.05) is 6.61 Å². The van der Waals surface area contributed by atoms with Gasteiger partial charge in [-0.3, -0.25) is 9.36 Å². The topological polar surface area (TPSA) is 73.8 Å². The van der Waals surface area contributed by atoms with Gasteiger partial charge in [0.05, 0.1) is 28.5 Å². The highest BCUT2D eigenvalue weighted by molar-refractivity contribution is 9.10. The Labute approximate surface area is 251 Å². The number of nitrogens with zero attached hydrogens (tertiary/aromatic N) is 2. The molecule has 0 saturated heterocycles. The van der Waals surface area contributed by atoms with Gasteiger partial charge in [0.2, 0.25) is 0 Å². The molecule has 0 spiro atoms. The fraction of sp³-hybridized carbons (Fsp3) is 0.303. The second-order valence-electron chi connectivity index (χ2n) is 10.4. The molecule has 1 atom stereocenters. The zero-order valence-electron chi connectivity index (χ0n) is 23.9. The summed E-state index contributed by atoms with van der Waals surface area (Å²) in [7, 11) is 0. The molecule has 1 aliphatic heterocycles. The molecule has 2 aromatic carbocycles. The normalized spacial score (nSPS) is 15.3. The number of aromatic nitrogens is 1. The van der Waals surface area contributed by atoms with Gasteiger partial charge in [0.1, 0.15) is 11.5 Å². The van der Waals surface area contributed by atoms with Crippen LogP contribution in [0.15, 0.2) is 84.5 Å². The van der Waals surface area contributed by atoms with Gasteiger partial charge in [0.25, 0.3) is 5.56 Å². The molecule has 6 nitrogen and oxygen atoms in total. The van der Waals surface area contributed by atoms with Crippen LogP contribution in [0, 0.1) is 6.92 Å². The lowest BCUT2D eigenvalue weighted by atomic mass is 9.92. The zero-order valence-corrected chi connectivity index (χ0v) is 26.3. The standard InChI is InChI=1S/C33H33BrN2O4S/c1-6-8-26-29(32(38)39-7-2)30(22-12-10-21(11-13-22)19(3)4)36-31(37)28(41-33(36)35-26)18-23-14-16-27(40-23)24-15-9-20(5)17-25(24)34/h9-19,30H,6-8H2,1-5H3/b28-18-. The van der Waals surface area contributed by atoms with Crippen LogP contribution < -0.4 is 14.9 Å². The van der Waals surface area contributed by atoms with Crippen molar-refractivity contribution in [3.8, 4) is 11.3 Å². The van der Waals surface area contributed by atoms with E-state index >= 15 is 0 Å². The highest BCUT2D eigenvalue weighted by Gasteiger charge is 2.34. The molecular formula is C33H33BrN2O4S. The van der Waals surface area contributed by atoms with Crippen LogP contribution in [-0.2, 0) is 9.53 Å². The number of halogens is 1. The number of allylic oxidation sites excluding steroid dienone is 1. The van der Waals surface area contributed by atoms with Gasteiger partial charge in [-0.05, 0) is 67.1 Å². The van der Waals surface area contributed by atoms with E-state index in [2.05, 4.69) is 41.9 Å². The number of aryl methyl sites for hydroxylation is 1. The van der Waals surface area contributed by atoms with E-state index in [0.29, 0.717) is 44.5 Å². The second-order valence-corrected chi connectivity index (χ2v) is 12.3. The van der Waals surface area contributed by atoms with E-state index in [-0.39, 0.29) is 12.2 Å². The fourth-order valence-corrected chi connectivity index (χ4v) is 6.71. The van der Waals surface area contributed by atoms with Gasteiger partial charge in [0, 0.05) is 16.1 Å². The van der Waals surface area contributed by atoms with Crippen molar-refractivity contribution in [1.29, 1.82) is 0 Å². The highest BCUT2D eigenvalue weighted by Crippen LogP contribution is 2.34. The molecule has 3 heterocycles. The summed E-state index contributed by atoms with van der Waals surface area (Å²) in [5.74, 6) is 1.19. The highest BCUT2D eigenvalue weighted by atomic mass is 79.9. The molecule has 1 aliphatic rings. The number of carbonyl (C=O) groups excluding carboxylic acids is 1. The Bertz CT molecular complexity index is 1810. The Kier molecular flexibility index (Phi) is 8.61. The molecule has 4 aromatic rings. The molecule has 0 N–H and O–H groups in total. The first-order valence-corrected chi connectivity index (χ1v) is 15.5. The molecule has 1 unspecified atom stereocenters. The summed E-state index contributed by atoms with van der Waals surface area (Å²) in [6, 6.07) is 17.3. The fourth-order valence-electron chi connectivity index (χ4n) is 5.02. The molecule has 0 saturated carbocycles. The van der Waals surface area contributed by atoms with E-state index in [4.69, 9.17) is 14.1 Å². The first-order chi connectivity index (χ1) is 19.7. The predicted octanol–water partition coefficient (Wildman–Crippen LogP) is 7.03. The van der Waals surface area contributed by atoms with Gasteiger partial charge in [-0.1, -0.05) is 84.8 Å². The predicted molar refractivity (Wildman–Crippen MR) is 167 cm³/mol. The third-order valence-electron chi connectivity index (χ3n) is 7.10. The number of ether oxygens (including phenoxy) is 1. The van der Waals surface area contributed by atoms with Crippen LogP contribution in [0.5, 0.6) is 0 Å². The van der Waals surface area contributed by atoms with Crippen molar-refractivity contribution < 1.29 is 13.9 Å². The van der Waals surface area contributed by atoms with Crippen LogP contribution >= 0.6 is 27.3 Å². The number of thiazole rings is 1. The van der Waals surface area contributed by atoms with E-state index in [1.165, 1.54) is 16.9 Å². The van der Waals surface area contributed by atoms with Crippen LogP contribution in [-0.4, -0.2) is 17.1 Å². The minimum atomic E-state index is -0.633. The smallest absolute Gasteiger partial charge is 0.338 e. The summed E-state index contributed by atoms with van der Waals surface area (Å²) in [5, 5.41) is 0. The molecule has 8 heteroatoms. The maximum atomic E-state index is 14.0. The average Bonchev–Trinajstić information content (AvgIpc) is 3.52. The molecule has 0 fully saturated rings. The minimum absolute atomic E-state index is 0.224. The number of fused-ring (bicyclic) bond motifs is 1. The summed E-state index contributed by atoms with van der Waals surface area (Å²) >= 11 is 4.92. The Morgan fingerprint density at radius 3 is 2.56 bits per heavy atom. The van der Waals surface area contributed by atoms with E-state index in [9.17, 15) is 9.59 Å². The van der Waals surface area contributed by atoms with Crippen LogP contribution in [0.25, 0.3) is 17.4 Å². The van der Waals surface area contributed by atoms with E-state index in [1.54, 1.807) is 17.6 Å². The largest absolute Gasteiger partial charge is 0.463 e. The Morgan fingerprint density at radius 1 is 1.15 bits per heavy atom. The van der Waals surface area contributed by atoms with Gasteiger partial charge in [0.15, 0.2) is 4.80 Å². The molecule has 0 bridgehead atoms. The van der Waals surface area contributed by atoms with Crippen LogP contribution in [0.2, 0.25) is 0 Å². The maximum absolute atomic E-state index is 14.0. The van der Waals surface area contributed by atoms with Crippen molar-refractivity contribution in [2.24, 2.45) is 4.99 Å². The van der Waals surface area contributed by atoms with E-state index < -0.39 is 12.0 Å². The summed E-state index contributed by atoms with van der Waals surface area (Å²) in [4.78, 5) is 32.8. The van der Waals surface area contributed by atoms with Crippen molar-refractivity contribution in [2.45, 2.75) is 59.4 Å². The van der Waals surface area contributed by atoms with Crippen LogP contribution in [0.3, 0.4) is 0 Å². The molecule has 0 amide bonds. The Balaban J connectivity index is 1.66. The number of esters is 1. The summed E-state index contributed by atoms with van der Waals surface area (Å²) in [6.07, 6.45) is 3.16. The molecule has 41 heavy (non-hydrogen) atoms. The molecule has 5 rings (SSSR count). The first kappa shape index (κ1) is 29.0. The summed E-state index contributed by atoms with van der Waals surface area (Å²) in [6.45, 7) is 10.4. The van der Waals surface area contributed by atoms with Gasteiger partial charge in [-0.25, -0.2) is 9.79 Å². The molecule has 0 aliphatic carbocycles. The number of hydrogen-bond acceptors (Lipinski definition) is 6. The maximum Gasteiger partial charge on any atom is 0.338 e. The van der Waals surface area contributed by atoms with Crippen LogP contribution in [0.4, 0.5) is 0 Å². The third kappa shape index (κ3) is 5.81. The average molecular weight is 634 g/mol. The Hall–Kier alpha value is -3.49. The zero-order chi connectivity index (χ0) is 29.3. The number of benzene rings is 2. The van der Waals surface area contributed by atoms with Gasteiger partial charge < -0.3 is 9.15 Å². The number of carbonyl (C=O) groups is 1. The van der Waals surface area contributed by atoms with E-state index in [1.807, 2.05) is 56.3 Å². The van der Waals surface area contributed by atoms with Crippen molar-refractivity contribution >= 4 is 39.3 Å². The summed E-state index contributed by atoms with van der Waals surface area (Å²) in [5.41, 5.74) is 4.98. The van der Waals surface area contributed by atoms with Crippen LogP contribution in [0.1, 0.15) is 74.9 Å². The monoisotopic (exact) mass is 632 g/mol. The number of furan rings is 1. The van der Waals surface area contributed by atoms with Crippen molar-refractivity contribution in [1.82, 2.24) is 4.57 Å². The molecule has 0 radical (unpaired) electrons. The lowest BCUT2D eigenvalue weighted by Gasteiger charge is -2.26. The minimum Gasteiger partial charge on any atom is -0.463 e. The number of hydrogen-bond donors (Lipinski definition) is 0. The quantitative estimate of drug-likeness (QED) is 0.195. The summed E-state index contributed by atoms with van der Waals surface area (Å²) < 4.78 is 14.7. The van der Waals surface area contributed by atoms with Gasteiger partial charge >= 0.3 is 5.97 Å². The lowest BCUT2D eigenvalue weighted by molar-refractivity contribution is -0.139. The Morgan fingerprint density at radius 2 is 1.90 bits per heavy atom. The van der Waals surface area contributed by atoms with Crippen molar-refractivity contribution in [3.05, 3.63) is 112 Å². The first-order valence-electron chi connectivity index (χ1n) is 13.9. The second kappa shape index (κ2) is 12.2. The molecule has 2 aromatic heterocycles. The van der Waals surface area contributed by atoms with Gasteiger partial charge in [-0.2, -0.15) is 0 Å².